The topological polar surface area (TPSA) is 97.4 Å². The van der Waals surface area contributed by atoms with E-state index in [4.69, 9.17) is 5.73 Å². The summed E-state index contributed by atoms with van der Waals surface area (Å²) in [6.45, 7) is 3.83. The highest BCUT2D eigenvalue weighted by molar-refractivity contribution is 5.88. The van der Waals surface area contributed by atoms with Gasteiger partial charge in [-0.2, -0.15) is 0 Å². The Morgan fingerprint density at radius 3 is 2.56 bits per heavy atom. The van der Waals surface area contributed by atoms with Crippen molar-refractivity contribution in [3.8, 4) is 0 Å². The van der Waals surface area contributed by atoms with Crippen LogP contribution in [0.15, 0.2) is 30.5 Å². The summed E-state index contributed by atoms with van der Waals surface area (Å²) in [6, 6.07) is 6.08. The number of hydrogen-bond donors (Lipinski definition) is 3. The number of aliphatic carboxylic acids is 1. The summed E-state index contributed by atoms with van der Waals surface area (Å²) >= 11 is 0. The number of aryl methyl sites for hydroxylation is 1. The van der Waals surface area contributed by atoms with Gasteiger partial charge in [0.25, 0.3) is 0 Å². The number of para-hydroxylation sites is 1. The number of nitrogens with zero attached hydrogens (tertiary/aromatic N) is 1. The van der Waals surface area contributed by atoms with E-state index in [1.54, 1.807) is 0 Å². The number of nitrogens with one attached hydrogen (secondary N) is 1. The van der Waals surface area contributed by atoms with Crippen molar-refractivity contribution in [3.05, 3.63) is 36.0 Å². The van der Waals surface area contributed by atoms with Gasteiger partial charge in [0.05, 0.1) is 6.04 Å². The summed E-state index contributed by atoms with van der Waals surface area (Å²) < 4.78 is 1.95. The fourth-order valence-electron chi connectivity index (χ4n) is 2.79. The highest BCUT2D eigenvalue weighted by atomic mass is 35.5. The molecule has 0 fully saturated rings. The maximum atomic E-state index is 12.2. The van der Waals surface area contributed by atoms with Crippen LogP contribution >= 0.6 is 12.4 Å². The van der Waals surface area contributed by atoms with Crippen LogP contribution in [-0.4, -0.2) is 33.6 Å². The maximum Gasteiger partial charge on any atom is 0.326 e. The molecule has 1 aromatic carbocycles. The number of aromatic nitrogens is 1. The number of fused-ring (bicyclic) bond motifs is 1. The minimum atomic E-state index is -1.06. The van der Waals surface area contributed by atoms with E-state index in [9.17, 15) is 14.7 Å². The Bertz CT molecular complexity index is 744. The van der Waals surface area contributed by atoms with Gasteiger partial charge in [-0.15, -0.1) is 12.4 Å². The lowest BCUT2D eigenvalue weighted by molar-refractivity contribution is -0.142. The molecule has 25 heavy (non-hydrogen) atoms. The summed E-state index contributed by atoms with van der Waals surface area (Å²) in [4.78, 5) is 23.8. The number of hydrogen-bond acceptors (Lipinski definition) is 3. The minimum Gasteiger partial charge on any atom is -0.480 e. The fraction of sp³-hybridized carbons (Fsp3) is 0.444. The summed E-state index contributed by atoms with van der Waals surface area (Å²) in [5.74, 6) is -1.48. The van der Waals surface area contributed by atoms with Crippen LogP contribution in [0.2, 0.25) is 0 Å². The second kappa shape index (κ2) is 8.87. The molecule has 1 amide bonds. The van der Waals surface area contributed by atoms with E-state index in [0.717, 1.165) is 22.9 Å². The molecule has 1 heterocycles. The zero-order chi connectivity index (χ0) is 17.9. The summed E-state index contributed by atoms with van der Waals surface area (Å²) in [6.07, 6.45) is 2.88. The van der Waals surface area contributed by atoms with Gasteiger partial charge >= 0.3 is 5.97 Å². The van der Waals surface area contributed by atoms with Crippen LogP contribution in [0.4, 0.5) is 0 Å². The molecule has 6 nitrogen and oxygen atoms in total. The van der Waals surface area contributed by atoms with Gasteiger partial charge in [0.2, 0.25) is 5.91 Å². The van der Waals surface area contributed by atoms with Gasteiger partial charge in [-0.3, -0.25) is 4.79 Å². The smallest absolute Gasteiger partial charge is 0.326 e. The van der Waals surface area contributed by atoms with Crippen LogP contribution in [0.25, 0.3) is 10.9 Å². The Hall–Kier alpha value is -2.05. The molecular formula is C18H26ClN3O3. The van der Waals surface area contributed by atoms with Crippen molar-refractivity contribution >= 4 is 35.2 Å². The summed E-state index contributed by atoms with van der Waals surface area (Å²) in [5, 5.41) is 13.1. The third kappa shape index (κ3) is 4.74. The van der Waals surface area contributed by atoms with E-state index in [-0.39, 0.29) is 24.7 Å². The molecule has 4 N–H and O–H groups in total. The highest BCUT2D eigenvalue weighted by Gasteiger charge is 2.26. The van der Waals surface area contributed by atoms with Crippen LogP contribution in [0.3, 0.4) is 0 Å². The van der Waals surface area contributed by atoms with Gasteiger partial charge in [0, 0.05) is 30.6 Å². The zero-order valence-corrected chi connectivity index (χ0v) is 15.5. The molecular weight excluding hydrogens is 342 g/mol. The lowest BCUT2D eigenvalue weighted by atomic mass is 9.98. The monoisotopic (exact) mass is 367 g/mol. The van der Waals surface area contributed by atoms with Crippen molar-refractivity contribution in [1.82, 2.24) is 9.88 Å². The van der Waals surface area contributed by atoms with Crippen LogP contribution in [0, 0.1) is 5.92 Å². The van der Waals surface area contributed by atoms with Crippen molar-refractivity contribution in [2.24, 2.45) is 18.7 Å². The normalized spacial score (nSPS) is 14.4. The molecule has 0 bridgehead atoms. The van der Waals surface area contributed by atoms with Gasteiger partial charge in [-0.25, -0.2) is 4.79 Å². The molecule has 0 unspecified atom stereocenters. The van der Waals surface area contributed by atoms with Crippen molar-refractivity contribution in [2.45, 2.75) is 38.8 Å². The fourth-order valence-corrected chi connectivity index (χ4v) is 2.79. The maximum absolute atomic E-state index is 12.2. The Balaban J connectivity index is 0.00000312. The number of halogens is 1. The molecule has 3 atom stereocenters. The second-order valence-corrected chi connectivity index (χ2v) is 6.30. The number of carbonyl (C=O) groups is 2. The summed E-state index contributed by atoms with van der Waals surface area (Å²) in [5.41, 5.74) is 7.81. The number of amides is 1. The Morgan fingerprint density at radius 1 is 1.32 bits per heavy atom. The first kappa shape index (κ1) is 21.0. The molecule has 7 heteroatoms. The molecule has 2 rings (SSSR count). The average molecular weight is 368 g/mol. The van der Waals surface area contributed by atoms with Crippen molar-refractivity contribution in [2.75, 3.05) is 0 Å². The van der Waals surface area contributed by atoms with E-state index in [1.165, 1.54) is 0 Å². The predicted molar refractivity (Wildman–Crippen MR) is 101 cm³/mol. The van der Waals surface area contributed by atoms with Crippen LogP contribution in [-0.2, 0) is 23.1 Å². The van der Waals surface area contributed by atoms with Gasteiger partial charge in [0.1, 0.15) is 6.04 Å². The quantitative estimate of drug-likeness (QED) is 0.697. The Morgan fingerprint density at radius 2 is 1.96 bits per heavy atom. The largest absolute Gasteiger partial charge is 0.480 e. The van der Waals surface area contributed by atoms with E-state index >= 15 is 0 Å². The molecule has 0 saturated heterocycles. The van der Waals surface area contributed by atoms with Crippen LogP contribution in [0.5, 0.6) is 0 Å². The van der Waals surface area contributed by atoms with Gasteiger partial charge < -0.3 is 20.7 Å². The lowest BCUT2D eigenvalue weighted by Crippen LogP contribution is -2.51. The molecule has 0 aliphatic carbocycles. The number of carboxylic acids is 1. The molecule has 1 aromatic heterocycles. The standard InChI is InChI=1S/C18H25N3O3.ClH/c1-4-11(2)16(19)17(22)20-14(18(23)24)9-12-10-21(3)15-8-6-5-7-13(12)15;/h5-8,10-11,14,16H,4,9,19H2,1-3H3,(H,20,22)(H,23,24);1H/t11-,14+,16-;/m0./s1. The number of carboxylic acid groups (broad SMARTS) is 1. The Kier molecular flexibility index (Phi) is 7.45. The van der Waals surface area contributed by atoms with E-state index in [2.05, 4.69) is 5.32 Å². The van der Waals surface area contributed by atoms with Crippen molar-refractivity contribution < 1.29 is 14.7 Å². The van der Waals surface area contributed by atoms with Crippen LogP contribution in [0.1, 0.15) is 25.8 Å². The molecule has 0 saturated carbocycles. The van der Waals surface area contributed by atoms with E-state index in [0.29, 0.717) is 0 Å². The van der Waals surface area contributed by atoms with Crippen molar-refractivity contribution in [1.29, 1.82) is 0 Å². The zero-order valence-electron chi connectivity index (χ0n) is 14.7. The predicted octanol–water partition coefficient (Wildman–Crippen LogP) is 2.09. The first-order chi connectivity index (χ1) is 11.3. The Labute approximate surface area is 153 Å². The lowest BCUT2D eigenvalue weighted by Gasteiger charge is -2.21. The van der Waals surface area contributed by atoms with Crippen LogP contribution < -0.4 is 11.1 Å². The van der Waals surface area contributed by atoms with Crippen molar-refractivity contribution in [3.63, 3.8) is 0 Å². The number of carbonyl (C=O) groups excluding carboxylic acids is 1. The first-order valence-electron chi connectivity index (χ1n) is 8.16. The van der Waals surface area contributed by atoms with E-state index < -0.39 is 24.0 Å². The third-order valence-electron chi connectivity index (χ3n) is 4.58. The van der Waals surface area contributed by atoms with E-state index in [1.807, 2.05) is 55.9 Å². The highest BCUT2D eigenvalue weighted by Crippen LogP contribution is 2.21. The van der Waals surface area contributed by atoms with Gasteiger partial charge in [-0.05, 0) is 17.5 Å². The molecule has 0 aliphatic heterocycles. The minimum absolute atomic E-state index is 0. The molecule has 0 radical (unpaired) electrons. The molecule has 2 aromatic rings. The number of benzene rings is 1. The SMILES string of the molecule is CC[C@H](C)[C@H](N)C(=O)N[C@H](Cc1cn(C)c2ccccc12)C(=O)O.Cl. The third-order valence-corrected chi connectivity index (χ3v) is 4.58. The molecule has 138 valence electrons. The average Bonchev–Trinajstić information content (AvgIpc) is 2.89. The molecule has 0 spiro atoms. The second-order valence-electron chi connectivity index (χ2n) is 6.30. The number of rotatable bonds is 7. The molecule has 0 aliphatic rings. The summed E-state index contributed by atoms with van der Waals surface area (Å²) in [7, 11) is 1.92. The first-order valence-corrected chi connectivity index (χ1v) is 8.16. The number of nitrogens with two attached hydrogens (primary N) is 1. The van der Waals surface area contributed by atoms with Gasteiger partial charge in [-0.1, -0.05) is 38.5 Å². The van der Waals surface area contributed by atoms with Gasteiger partial charge in [0.15, 0.2) is 0 Å².